The third kappa shape index (κ3) is 2.69. The van der Waals surface area contributed by atoms with Crippen LogP contribution in [0.2, 0.25) is 0 Å². The Balaban J connectivity index is 1.80. The van der Waals surface area contributed by atoms with Gasteiger partial charge in [-0.1, -0.05) is 32.0 Å². The molecule has 3 heteroatoms. The quantitative estimate of drug-likeness (QED) is 0.893. The number of fused-ring (bicyclic) bond motifs is 1. The Bertz CT molecular complexity index is 652. The van der Waals surface area contributed by atoms with Crippen LogP contribution in [0.3, 0.4) is 0 Å². The minimum absolute atomic E-state index is 0.168. The number of nitrogens with zero attached hydrogens (tertiary/aromatic N) is 1. The van der Waals surface area contributed by atoms with Crippen LogP contribution < -0.4 is 0 Å². The average molecular weight is 284 g/mol. The van der Waals surface area contributed by atoms with E-state index >= 15 is 0 Å². The summed E-state index contributed by atoms with van der Waals surface area (Å²) in [6.45, 7) is 5.02. The Hall–Kier alpha value is -1.77. The van der Waals surface area contributed by atoms with E-state index < -0.39 is 0 Å². The summed E-state index contributed by atoms with van der Waals surface area (Å²) in [5, 5.41) is 1.31. The van der Waals surface area contributed by atoms with Crippen molar-refractivity contribution in [1.82, 2.24) is 9.88 Å². The van der Waals surface area contributed by atoms with Gasteiger partial charge in [0.15, 0.2) is 0 Å². The first-order valence-electron chi connectivity index (χ1n) is 7.82. The Kier molecular flexibility index (Phi) is 3.52. The largest absolute Gasteiger partial charge is 0.361 e. The zero-order valence-electron chi connectivity index (χ0n) is 13.1. The van der Waals surface area contributed by atoms with Crippen molar-refractivity contribution in [2.24, 2.45) is 5.92 Å². The molecule has 1 amide bonds. The molecule has 0 spiro atoms. The summed E-state index contributed by atoms with van der Waals surface area (Å²) in [5.74, 6) is 0.680. The Morgan fingerprint density at radius 2 is 2.05 bits per heavy atom. The highest BCUT2D eigenvalue weighted by Crippen LogP contribution is 2.50. The van der Waals surface area contributed by atoms with E-state index in [2.05, 4.69) is 49.3 Å². The number of likely N-dealkylation sites (N-methyl/N-ethyl adjacent to an activating group) is 1. The average Bonchev–Trinajstić information content (AvgIpc) is 3.08. The van der Waals surface area contributed by atoms with Crippen molar-refractivity contribution in [3.8, 4) is 0 Å². The Labute approximate surface area is 126 Å². The lowest BCUT2D eigenvalue weighted by Gasteiger charge is -2.24. The van der Waals surface area contributed by atoms with Crippen LogP contribution in [-0.2, 0) is 10.2 Å². The van der Waals surface area contributed by atoms with Crippen molar-refractivity contribution in [2.75, 3.05) is 13.6 Å². The van der Waals surface area contributed by atoms with Crippen LogP contribution in [0.25, 0.3) is 10.9 Å². The third-order valence-electron chi connectivity index (χ3n) is 4.56. The highest BCUT2D eigenvalue weighted by molar-refractivity contribution is 5.85. The second-order valence-electron chi connectivity index (χ2n) is 6.88. The van der Waals surface area contributed by atoms with Crippen molar-refractivity contribution in [1.29, 1.82) is 0 Å². The molecular weight excluding hydrogens is 260 g/mol. The third-order valence-corrected chi connectivity index (χ3v) is 4.56. The fourth-order valence-corrected chi connectivity index (χ4v) is 3.22. The molecule has 0 saturated heterocycles. The lowest BCUT2D eigenvalue weighted by molar-refractivity contribution is -0.131. The minimum atomic E-state index is 0.168. The molecule has 0 unspecified atom stereocenters. The predicted molar refractivity (Wildman–Crippen MR) is 86.3 cm³/mol. The second kappa shape index (κ2) is 5.21. The highest BCUT2D eigenvalue weighted by atomic mass is 16.2. The van der Waals surface area contributed by atoms with Gasteiger partial charge < -0.3 is 9.88 Å². The molecule has 1 N–H and O–H groups in total. The van der Waals surface area contributed by atoms with Crippen molar-refractivity contribution >= 4 is 16.8 Å². The minimum Gasteiger partial charge on any atom is -0.361 e. The lowest BCUT2D eigenvalue weighted by Crippen LogP contribution is -2.34. The number of hydrogen-bond donors (Lipinski definition) is 1. The number of carbonyl (C=O) groups excluding carboxylic acids is 1. The first-order valence-corrected chi connectivity index (χ1v) is 7.82. The summed E-state index contributed by atoms with van der Waals surface area (Å²) in [6.07, 6.45) is 5.13. The molecule has 1 saturated carbocycles. The number of nitrogens with one attached hydrogen (secondary N) is 1. The van der Waals surface area contributed by atoms with Gasteiger partial charge in [0.25, 0.3) is 0 Å². The maximum atomic E-state index is 12.2. The molecule has 0 radical (unpaired) electrons. The van der Waals surface area contributed by atoms with Crippen molar-refractivity contribution in [2.45, 2.75) is 38.5 Å². The summed E-state index contributed by atoms with van der Waals surface area (Å²) in [5.41, 5.74) is 2.73. The van der Waals surface area contributed by atoms with E-state index in [0.29, 0.717) is 12.3 Å². The molecule has 0 aliphatic heterocycles. The van der Waals surface area contributed by atoms with Gasteiger partial charge in [0, 0.05) is 42.5 Å². The maximum Gasteiger partial charge on any atom is 0.222 e. The lowest BCUT2D eigenvalue weighted by atomic mass is 9.94. The Morgan fingerprint density at radius 1 is 1.33 bits per heavy atom. The van der Waals surface area contributed by atoms with Crippen LogP contribution in [0.1, 0.15) is 38.7 Å². The molecule has 112 valence electrons. The molecule has 1 heterocycles. The molecule has 2 aromatic rings. The van der Waals surface area contributed by atoms with Gasteiger partial charge in [-0.05, 0) is 30.4 Å². The van der Waals surface area contributed by atoms with Gasteiger partial charge in [-0.2, -0.15) is 0 Å². The second-order valence-corrected chi connectivity index (χ2v) is 6.88. The number of amides is 1. The van der Waals surface area contributed by atoms with Gasteiger partial charge in [-0.3, -0.25) is 4.79 Å². The van der Waals surface area contributed by atoms with Crippen LogP contribution in [0.5, 0.6) is 0 Å². The van der Waals surface area contributed by atoms with E-state index in [9.17, 15) is 4.79 Å². The van der Waals surface area contributed by atoms with Gasteiger partial charge in [-0.15, -0.1) is 0 Å². The molecule has 0 atom stereocenters. The highest BCUT2D eigenvalue weighted by Gasteiger charge is 2.47. The summed E-state index contributed by atoms with van der Waals surface area (Å²) in [7, 11) is 1.94. The van der Waals surface area contributed by atoms with E-state index in [1.165, 1.54) is 29.3 Å². The van der Waals surface area contributed by atoms with Crippen LogP contribution in [0.4, 0.5) is 0 Å². The molecule has 1 fully saturated rings. The van der Waals surface area contributed by atoms with Gasteiger partial charge in [-0.25, -0.2) is 0 Å². The standard InChI is InChI=1S/C18H24N2O/c1-13(2)10-17(21)20(3)12-18(8-9-18)15-11-19-16-7-5-4-6-14(15)16/h4-7,11,13,19H,8-10,12H2,1-3H3. The molecular formula is C18H24N2O. The molecule has 1 aromatic carbocycles. The number of benzene rings is 1. The van der Waals surface area contributed by atoms with Crippen molar-refractivity contribution in [3.63, 3.8) is 0 Å². The van der Waals surface area contributed by atoms with Gasteiger partial charge in [0.1, 0.15) is 0 Å². The van der Waals surface area contributed by atoms with E-state index in [1.54, 1.807) is 0 Å². The SMILES string of the molecule is CC(C)CC(=O)N(C)CC1(c2c[nH]c3ccccc23)CC1. The maximum absolute atomic E-state index is 12.2. The van der Waals surface area contributed by atoms with E-state index in [-0.39, 0.29) is 11.3 Å². The van der Waals surface area contributed by atoms with Gasteiger partial charge in [0.2, 0.25) is 5.91 Å². The van der Waals surface area contributed by atoms with Gasteiger partial charge in [0.05, 0.1) is 0 Å². The zero-order chi connectivity index (χ0) is 15.0. The monoisotopic (exact) mass is 284 g/mol. The first-order chi connectivity index (χ1) is 10.0. The summed E-state index contributed by atoms with van der Waals surface area (Å²) in [6, 6.07) is 8.43. The van der Waals surface area contributed by atoms with Crippen LogP contribution in [0, 0.1) is 5.92 Å². The fraction of sp³-hybridized carbons (Fsp3) is 0.500. The molecule has 0 bridgehead atoms. The summed E-state index contributed by atoms with van der Waals surface area (Å²) in [4.78, 5) is 17.5. The molecule has 3 nitrogen and oxygen atoms in total. The van der Waals surface area contributed by atoms with E-state index in [0.717, 1.165) is 6.54 Å². The zero-order valence-corrected chi connectivity index (χ0v) is 13.1. The van der Waals surface area contributed by atoms with E-state index in [1.807, 2.05) is 11.9 Å². The fourth-order valence-electron chi connectivity index (χ4n) is 3.22. The number of aromatic amines is 1. The van der Waals surface area contributed by atoms with E-state index in [4.69, 9.17) is 0 Å². The Morgan fingerprint density at radius 3 is 2.71 bits per heavy atom. The molecule has 3 rings (SSSR count). The molecule has 1 aliphatic carbocycles. The molecule has 1 aromatic heterocycles. The van der Waals surface area contributed by atoms with Crippen LogP contribution >= 0.6 is 0 Å². The van der Waals surface area contributed by atoms with Crippen LogP contribution in [0.15, 0.2) is 30.5 Å². The summed E-state index contributed by atoms with van der Waals surface area (Å²) >= 11 is 0. The van der Waals surface area contributed by atoms with Gasteiger partial charge >= 0.3 is 0 Å². The normalized spacial score (nSPS) is 16.4. The van der Waals surface area contributed by atoms with Crippen molar-refractivity contribution in [3.05, 3.63) is 36.0 Å². The molecule has 1 aliphatic rings. The summed E-state index contributed by atoms with van der Waals surface area (Å²) < 4.78 is 0. The number of hydrogen-bond acceptors (Lipinski definition) is 1. The number of H-pyrrole nitrogens is 1. The molecule has 21 heavy (non-hydrogen) atoms. The van der Waals surface area contributed by atoms with Crippen molar-refractivity contribution < 1.29 is 4.79 Å². The number of carbonyl (C=O) groups is 1. The number of aromatic nitrogens is 1. The topological polar surface area (TPSA) is 36.1 Å². The predicted octanol–water partition coefficient (Wildman–Crippen LogP) is 3.70. The van der Waals surface area contributed by atoms with Crippen LogP contribution in [-0.4, -0.2) is 29.4 Å². The number of para-hydroxylation sites is 1. The first kappa shape index (κ1) is 14.2. The smallest absolute Gasteiger partial charge is 0.222 e. The number of rotatable bonds is 5.